The van der Waals surface area contributed by atoms with E-state index in [0.717, 1.165) is 55.6 Å². The molecule has 1 N–H and O–H groups in total. The van der Waals surface area contributed by atoms with Crippen LogP contribution in [0.2, 0.25) is 0 Å². The average molecular weight is 460 g/mol. The summed E-state index contributed by atoms with van der Waals surface area (Å²) in [6.45, 7) is 5.10. The fourth-order valence-electron chi connectivity index (χ4n) is 4.62. The lowest BCUT2D eigenvalue weighted by Gasteiger charge is -2.18. The molecule has 3 aromatic rings. The molecule has 178 valence electrons. The van der Waals surface area contributed by atoms with Crippen LogP contribution in [0.15, 0.2) is 48.5 Å². The fourth-order valence-corrected chi connectivity index (χ4v) is 4.62. The molecule has 1 saturated carbocycles. The number of ketones is 1. The number of Topliss-reactive ketones (excluding diaryl/α,β-unsaturated/α-hetero) is 1. The molecule has 1 heterocycles. The van der Waals surface area contributed by atoms with Crippen molar-refractivity contribution in [1.82, 2.24) is 14.8 Å². The summed E-state index contributed by atoms with van der Waals surface area (Å²) < 4.78 is 1.91. The Hall–Kier alpha value is -3.28. The highest BCUT2D eigenvalue weighted by Crippen LogP contribution is 2.27. The van der Waals surface area contributed by atoms with Crippen molar-refractivity contribution in [1.29, 1.82) is 0 Å². The average Bonchev–Trinajstić information content (AvgIpc) is 3.25. The van der Waals surface area contributed by atoms with E-state index in [-0.39, 0.29) is 17.3 Å². The molecule has 1 aromatic heterocycles. The van der Waals surface area contributed by atoms with Gasteiger partial charge < -0.3 is 5.11 Å². The highest BCUT2D eigenvalue weighted by molar-refractivity contribution is 5.96. The summed E-state index contributed by atoms with van der Waals surface area (Å²) in [7, 11) is 0. The molecular weight excluding hydrogens is 426 g/mol. The van der Waals surface area contributed by atoms with Gasteiger partial charge in [-0.05, 0) is 47.9 Å². The van der Waals surface area contributed by atoms with Gasteiger partial charge >= 0.3 is 5.97 Å². The van der Waals surface area contributed by atoms with Crippen molar-refractivity contribution >= 4 is 11.8 Å². The largest absolute Gasteiger partial charge is 0.478 e. The number of benzene rings is 2. The van der Waals surface area contributed by atoms with E-state index >= 15 is 0 Å². The second-order valence-corrected chi connectivity index (χ2v) is 9.68. The maximum absolute atomic E-state index is 13.1. The Balaban J connectivity index is 1.56. The summed E-state index contributed by atoms with van der Waals surface area (Å²) in [4.78, 5) is 29.3. The van der Waals surface area contributed by atoms with Gasteiger partial charge in [0, 0.05) is 18.9 Å². The highest BCUT2D eigenvalue weighted by Gasteiger charge is 2.26. The number of carbonyl (C=O) groups is 2. The maximum Gasteiger partial charge on any atom is 0.336 e. The van der Waals surface area contributed by atoms with Crippen molar-refractivity contribution in [2.75, 3.05) is 0 Å². The van der Waals surface area contributed by atoms with Gasteiger partial charge in [0.25, 0.3) is 0 Å². The molecule has 6 heteroatoms. The third-order valence-corrected chi connectivity index (χ3v) is 6.65. The molecule has 6 nitrogen and oxygen atoms in total. The minimum absolute atomic E-state index is 0.0520. The zero-order valence-corrected chi connectivity index (χ0v) is 20.0. The zero-order chi connectivity index (χ0) is 24.1. The Kier molecular flexibility index (Phi) is 7.56. The summed E-state index contributed by atoms with van der Waals surface area (Å²) in [5, 5.41) is 14.1. The summed E-state index contributed by atoms with van der Waals surface area (Å²) in [5.41, 5.74) is 2.89. The normalized spacial score (nSPS) is 14.4. The number of carboxylic acids is 1. The van der Waals surface area contributed by atoms with E-state index in [4.69, 9.17) is 4.98 Å². The number of aryl methyl sites for hydroxylation is 1. The van der Waals surface area contributed by atoms with E-state index in [2.05, 4.69) is 18.9 Å². The number of aromatic nitrogens is 3. The summed E-state index contributed by atoms with van der Waals surface area (Å²) in [6.07, 6.45) is 6.84. The number of rotatable bonds is 9. The first kappa shape index (κ1) is 23.9. The first-order valence-corrected chi connectivity index (χ1v) is 12.3. The molecule has 4 rings (SSSR count). The highest BCUT2D eigenvalue weighted by atomic mass is 16.4. The van der Waals surface area contributed by atoms with Gasteiger partial charge in [-0.2, -0.15) is 0 Å². The van der Waals surface area contributed by atoms with Gasteiger partial charge in [-0.1, -0.05) is 75.6 Å². The van der Waals surface area contributed by atoms with Gasteiger partial charge in [-0.15, -0.1) is 5.10 Å². The Bertz CT molecular complexity index is 1140. The van der Waals surface area contributed by atoms with Gasteiger partial charge in [0.05, 0.1) is 5.56 Å². The van der Waals surface area contributed by atoms with Crippen molar-refractivity contribution in [2.45, 2.75) is 65.3 Å². The Morgan fingerprint density at radius 3 is 2.41 bits per heavy atom. The summed E-state index contributed by atoms with van der Waals surface area (Å²) in [5.74, 6) is 0.897. The van der Waals surface area contributed by atoms with E-state index in [1.54, 1.807) is 12.1 Å². The smallest absolute Gasteiger partial charge is 0.336 e. The molecule has 0 saturated heterocycles. The monoisotopic (exact) mass is 459 g/mol. The van der Waals surface area contributed by atoms with Crippen LogP contribution in [-0.4, -0.2) is 31.6 Å². The Morgan fingerprint density at radius 2 is 1.74 bits per heavy atom. The van der Waals surface area contributed by atoms with Crippen molar-refractivity contribution in [2.24, 2.45) is 11.8 Å². The third-order valence-electron chi connectivity index (χ3n) is 6.65. The lowest BCUT2D eigenvalue weighted by molar-refractivity contribution is 0.0697. The van der Waals surface area contributed by atoms with Crippen LogP contribution in [0.5, 0.6) is 0 Å². The molecular formula is C28H33N3O3. The first-order chi connectivity index (χ1) is 16.4. The molecule has 1 aliphatic rings. The molecule has 0 spiro atoms. The van der Waals surface area contributed by atoms with Crippen LogP contribution in [0.25, 0.3) is 11.1 Å². The predicted octanol–water partition coefficient (Wildman–Crippen LogP) is 6.04. The van der Waals surface area contributed by atoms with Crippen LogP contribution >= 0.6 is 0 Å². The number of carboxylic acid groups (broad SMARTS) is 1. The number of aromatic carboxylic acids is 1. The molecule has 0 bridgehead atoms. The van der Waals surface area contributed by atoms with Crippen LogP contribution in [0, 0.1) is 11.8 Å². The molecule has 0 radical (unpaired) electrons. The van der Waals surface area contributed by atoms with Gasteiger partial charge in [0.1, 0.15) is 5.82 Å². The summed E-state index contributed by atoms with van der Waals surface area (Å²) >= 11 is 0. The van der Waals surface area contributed by atoms with Crippen LogP contribution in [0.3, 0.4) is 0 Å². The predicted molar refractivity (Wildman–Crippen MR) is 132 cm³/mol. The van der Waals surface area contributed by atoms with Gasteiger partial charge in [0.15, 0.2) is 0 Å². The maximum atomic E-state index is 13.1. The molecule has 1 fully saturated rings. The van der Waals surface area contributed by atoms with Gasteiger partial charge in [0.2, 0.25) is 11.6 Å². The SMILES string of the molecule is CC(C)CCn1nc(C(=O)C2CCCCC2)nc1Cc1ccc(-c2ccccc2C(=O)O)cc1. The molecule has 0 unspecified atom stereocenters. The van der Waals surface area contributed by atoms with Crippen molar-refractivity contribution in [3.05, 3.63) is 71.3 Å². The van der Waals surface area contributed by atoms with Gasteiger partial charge in [-0.3, -0.25) is 4.79 Å². The molecule has 0 aliphatic heterocycles. The number of nitrogens with zero attached hydrogens (tertiary/aromatic N) is 3. The van der Waals surface area contributed by atoms with Crippen LogP contribution in [0.4, 0.5) is 0 Å². The first-order valence-electron chi connectivity index (χ1n) is 12.3. The lowest BCUT2D eigenvalue weighted by Crippen LogP contribution is -2.19. The second-order valence-electron chi connectivity index (χ2n) is 9.68. The number of carbonyl (C=O) groups excluding carboxylic acids is 1. The van der Waals surface area contributed by atoms with Crippen molar-refractivity contribution < 1.29 is 14.7 Å². The van der Waals surface area contributed by atoms with Gasteiger partial charge in [-0.25, -0.2) is 14.5 Å². The topological polar surface area (TPSA) is 85.1 Å². The van der Waals surface area contributed by atoms with E-state index in [1.807, 2.05) is 41.1 Å². The van der Waals surface area contributed by atoms with Crippen molar-refractivity contribution in [3.63, 3.8) is 0 Å². The Labute approximate surface area is 201 Å². The second kappa shape index (κ2) is 10.8. The summed E-state index contributed by atoms with van der Waals surface area (Å²) in [6, 6.07) is 14.9. The van der Waals surface area contributed by atoms with E-state index in [0.29, 0.717) is 23.7 Å². The molecule has 1 aliphatic carbocycles. The number of hydrogen-bond acceptors (Lipinski definition) is 4. The molecule has 34 heavy (non-hydrogen) atoms. The standard InChI is InChI=1S/C28H33N3O3/c1-19(2)16-17-31-25(29-27(30-31)26(32)22-8-4-3-5-9-22)18-20-12-14-21(15-13-20)23-10-6-7-11-24(23)28(33)34/h6-7,10-15,19,22H,3-5,8-9,16-18H2,1-2H3,(H,33,34). The van der Waals surface area contributed by atoms with Crippen LogP contribution < -0.4 is 0 Å². The third kappa shape index (κ3) is 5.61. The fraction of sp³-hybridized carbons (Fsp3) is 0.429. The minimum atomic E-state index is -0.937. The van der Waals surface area contributed by atoms with Crippen molar-refractivity contribution in [3.8, 4) is 11.1 Å². The number of hydrogen-bond donors (Lipinski definition) is 1. The molecule has 0 atom stereocenters. The van der Waals surface area contributed by atoms with Crippen LogP contribution in [-0.2, 0) is 13.0 Å². The quantitative estimate of drug-likeness (QED) is 0.394. The van der Waals surface area contributed by atoms with E-state index < -0.39 is 5.97 Å². The van der Waals surface area contributed by atoms with E-state index in [9.17, 15) is 14.7 Å². The van der Waals surface area contributed by atoms with Crippen LogP contribution in [0.1, 0.15) is 84.7 Å². The molecule has 0 amide bonds. The lowest BCUT2D eigenvalue weighted by atomic mass is 9.86. The molecule has 2 aromatic carbocycles. The Morgan fingerprint density at radius 1 is 1.03 bits per heavy atom. The minimum Gasteiger partial charge on any atom is -0.478 e. The van der Waals surface area contributed by atoms with E-state index in [1.165, 1.54) is 6.42 Å². The zero-order valence-electron chi connectivity index (χ0n) is 20.0.